The number of rotatable bonds is 6. The molecule has 2 aliphatic carbocycles. The lowest BCUT2D eigenvalue weighted by Gasteiger charge is -2.38. The molecule has 1 N–H and O–H groups in total. The Morgan fingerprint density at radius 3 is 2.54 bits per heavy atom. The lowest BCUT2D eigenvalue weighted by Crippen LogP contribution is -2.57. The largest absolute Gasteiger partial charge is 0.464 e. The number of carbonyl (C=O) groups excluding carboxylic acids is 2. The van der Waals surface area contributed by atoms with E-state index in [0.717, 1.165) is 30.4 Å². The van der Waals surface area contributed by atoms with Crippen molar-refractivity contribution in [1.82, 2.24) is 5.32 Å². The van der Waals surface area contributed by atoms with Crippen LogP contribution in [0, 0.1) is 11.8 Å². The molecule has 2 rings (SSSR count). The molecule has 0 saturated heterocycles. The Labute approximate surface area is 162 Å². The van der Waals surface area contributed by atoms with Crippen molar-refractivity contribution in [1.29, 1.82) is 0 Å². The molecule has 5 heteroatoms. The molecule has 0 radical (unpaired) electrons. The first-order valence-electron chi connectivity index (χ1n) is 9.83. The molecule has 4 nitrogen and oxygen atoms in total. The van der Waals surface area contributed by atoms with Crippen LogP contribution in [0.5, 0.6) is 0 Å². The smallest absolute Gasteiger partial charge is 0.331 e. The number of allylic oxidation sites excluding steroid dienone is 3. The molecule has 2 atom stereocenters. The topological polar surface area (TPSA) is 55.4 Å². The molecular formula is C21H32ClNO3. The van der Waals surface area contributed by atoms with E-state index in [1.165, 1.54) is 0 Å². The number of halogens is 1. The predicted octanol–water partition coefficient (Wildman–Crippen LogP) is 4.52. The van der Waals surface area contributed by atoms with Crippen molar-refractivity contribution in [3.8, 4) is 0 Å². The second-order valence-corrected chi connectivity index (χ2v) is 8.18. The summed E-state index contributed by atoms with van der Waals surface area (Å²) in [5.74, 6) is 0.329. The molecule has 0 bridgehead atoms. The van der Waals surface area contributed by atoms with E-state index in [4.69, 9.17) is 16.3 Å². The number of carbonyl (C=O) groups is 2. The van der Waals surface area contributed by atoms with Crippen LogP contribution in [0.3, 0.4) is 0 Å². The van der Waals surface area contributed by atoms with Gasteiger partial charge in [-0.1, -0.05) is 43.6 Å². The highest BCUT2D eigenvalue weighted by molar-refractivity contribution is 6.22. The number of esters is 1. The maximum Gasteiger partial charge on any atom is 0.331 e. The first-order chi connectivity index (χ1) is 12.3. The van der Waals surface area contributed by atoms with Gasteiger partial charge in [0.2, 0.25) is 5.91 Å². The van der Waals surface area contributed by atoms with Crippen LogP contribution in [0.25, 0.3) is 0 Å². The van der Waals surface area contributed by atoms with Gasteiger partial charge in [0, 0.05) is 6.42 Å². The van der Waals surface area contributed by atoms with Gasteiger partial charge in [0.15, 0.2) is 0 Å². The molecule has 1 amide bonds. The van der Waals surface area contributed by atoms with Gasteiger partial charge in [0.1, 0.15) is 5.54 Å². The standard InChI is InChI=1S/C21H32ClNO3/c1-5-16-9-11-21(12-10-16,20(25)26-6-2)23-19(24)13-17-14(3)7-8-18(22)15(17)4/h7-8,15-16,18H,5-6,9-13H2,1-4H3,(H,23,24). The third kappa shape index (κ3) is 4.70. The minimum absolute atomic E-state index is 0.0968. The SMILES string of the molecule is CCOC(=O)C1(NC(=O)CC2=C(C)C=CC(Cl)C2C)CCC(CC)CC1. The van der Waals surface area contributed by atoms with E-state index in [1.54, 1.807) is 6.92 Å². The summed E-state index contributed by atoms with van der Waals surface area (Å²) in [6, 6.07) is 0. The van der Waals surface area contributed by atoms with Crippen molar-refractivity contribution in [2.45, 2.75) is 77.1 Å². The molecule has 0 heterocycles. The fourth-order valence-corrected chi connectivity index (χ4v) is 4.30. The molecule has 0 spiro atoms. The maximum absolute atomic E-state index is 12.8. The molecule has 1 saturated carbocycles. The highest BCUT2D eigenvalue weighted by Gasteiger charge is 2.44. The lowest BCUT2D eigenvalue weighted by atomic mass is 9.75. The Balaban J connectivity index is 2.12. The van der Waals surface area contributed by atoms with E-state index < -0.39 is 5.54 Å². The highest BCUT2D eigenvalue weighted by Crippen LogP contribution is 2.36. The normalized spacial score (nSPS) is 31.7. The van der Waals surface area contributed by atoms with E-state index in [1.807, 2.05) is 26.0 Å². The summed E-state index contributed by atoms with van der Waals surface area (Å²) in [5.41, 5.74) is 1.26. The van der Waals surface area contributed by atoms with Crippen LogP contribution in [-0.2, 0) is 14.3 Å². The number of nitrogens with one attached hydrogen (secondary N) is 1. The van der Waals surface area contributed by atoms with Crippen LogP contribution in [0.2, 0.25) is 0 Å². The molecule has 0 aromatic heterocycles. The van der Waals surface area contributed by atoms with Crippen LogP contribution in [0.15, 0.2) is 23.3 Å². The average Bonchev–Trinajstić information content (AvgIpc) is 2.63. The number of amides is 1. The van der Waals surface area contributed by atoms with Gasteiger partial charge in [-0.05, 0) is 51.4 Å². The van der Waals surface area contributed by atoms with E-state index in [-0.39, 0.29) is 29.6 Å². The summed E-state index contributed by atoms with van der Waals surface area (Å²) >= 11 is 6.33. The van der Waals surface area contributed by atoms with Crippen molar-refractivity contribution in [2.75, 3.05) is 6.61 Å². The van der Waals surface area contributed by atoms with Gasteiger partial charge in [0.25, 0.3) is 0 Å². The number of alkyl halides is 1. The Morgan fingerprint density at radius 1 is 1.31 bits per heavy atom. The van der Waals surface area contributed by atoms with Crippen LogP contribution < -0.4 is 5.32 Å². The average molecular weight is 382 g/mol. The second kappa shape index (κ2) is 9.07. The number of hydrogen-bond donors (Lipinski definition) is 1. The summed E-state index contributed by atoms with van der Waals surface area (Å²) in [4.78, 5) is 25.5. The number of ether oxygens (including phenoxy) is 1. The first kappa shape index (κ1) is 21.0. The van der Waals surface area contributed by atoms with Gasteiger partial charge in [-0.15, -0.1) is 11.6 Å². The van der Waals surface area contributed by atoms with Crippen LogP contribution in [-0.4, -0.2) is 29.4 Å². The van der Waals surface area contributed by atoms with Gasteiger partial charge in [-0.2, -0.15) is 0 Å². The zero-order valence-corrected chi connectivity index (χ0v) is 17.2. The molecule has 146 valence electrons. The van der Waals surface area contributed by atoms with Crippen LogP contribution >= 0.6 is 11.6 Å². The van der Waals surface area contributed by atoms with Crippen molar-refractivity contribution < 1.29 is 14.3 Å². The Hall–Kier alpha value is -1.29. The summed E-state index contributed by atoms with van der Waals surface area (Å²) in [6.45, 7) is 8.35. The molecule has 0 aromatic carbocycles. The van der Waals surface area contributed by atoms with Gasteiger partial charge in [-0.25, -0.2) is 4.79 Å². The first-order valence-corrected chi connectivity index (χ1v) is 10.3. The maximum atomic E-state index is 12.8. The molecule has 0 aromatic rings. The lowest BCUT2D eigenvalue weighted by molar-refractivity contribution is -0.155. The fourth-order valence-electron chi connectivity index (χ4n) is 4.07. The second-order valence-electron chi connectivity index (χ2n) is 7.68. The zero-order valence-electron chi connectivity index (χ0n) is 16.4. The van der Waals surface area contributed by atoms with Crippen LogP contribution in [0.4, 0.5) is 0 Å². The molecule has 26 heavy (non-hydrogen) atoms. The van der Waals surface area contributed by atoms with Crippen LogP contribution in [0.1, 0.15) is 66.2 Å². The van der Waals surface area contributed by atoms with Crippen molar-refractivity contribution in [3.05, 3.63) is 23.3 Å². The minimum Gasteiger partial charge on any atom is -0.464 e. The van der Waals surface area contributed by atoms with Gasteiger partial charge in [-0.3, -0.25) is 4.79 Å². The predicted molar refractivity (Wildman–Crippen MR) is 105 cm³/mol. The third-order valence-electron chi connectivity index (χ3n) is 6.00. The Morgan fingerprint density at radius 2 is 1.96 bits per heavy atom. The summed E-state index contributed by atoms with van der Waals surface area (Å²) in [7, 11) is 0. The Bertz CT molecular complexity index is 588. The van der Waals surface area contributed by atoms with E-state index >= 15 is 0 Å². The third-order valence-corrected chi connectivity index (χ3v) is 6.52. The van der Waals surface area contributed by atoms with Crippen molar-refractivity contribution in [2.24, 2.45) is 11.8 Å². The Kier molecular flexibility index (Phi) is 7.33. The molecule has 2 aliphatic rings. The molecule has 0 aliphatic heterocycles. The van der Waals surface area contributed by atoms with Gasteiger partial charge >= 0.3 is 5.97 Å². The van der Waals surface area contributed by atoms with E-state index in [0.29, 0.717) is 25.4 Å². The van der Waals surface area contributed by atoms with E-state index in [9.17, 15) is 9.59 Å². The highest BCUT2D eigenvalue weighted by atomic mass is 35.5. The summed E-state index contributed by atoms with van der Waals surface area (Å²) in [6.07, 6.45) is 8.53. The monoisotopic (exact) mass is 381 g/mol. The number of hydrogen-bond acceptors (Lipinski definition) is 3. The zero-order chi connectivity index (χ0) is 19.3. The molecular weight excluding hydrogens is 350 g/mol. The van der Waals surface area contributed by atoms with Crippen molar-refractivity contribution in [3.63, 3.8) is 0 Å². The minimum atomic E-state index is -0.874. The van der Waals surface area contributed by atoms with Crippen molar-refractivity contribution >= 4 is 23.5 Å². The van der Waals surface area contributed by atoms with Gasteiger partial charge in [0.05, 0.1) is 12.0 Å². The summed E-state index contributed by atoms with van der Waals surface area (Å²) in [5, 5.41) is 2.95. The fraction of sp³-hybridized carbons (Fsp3) is 0.714. The molecule has 1 fully saturated rings. The van der Waals surface area contributed by atoms with E-state index in [2.05, 4.69) is 12.2 Å². The molecule has 2 unspecified atom stereocenters. The summed E-state index contributed by atoms with van der Waals surface area (Å²) < 4.78 is 5.31. The quantitative estimate of drug-likeness (QED) is 0.543. The van der Waals surface area contributed by atoms with Gasteiger partial charge < -0.3 is 10.1 Å².